The first-order valence-corrected chi connectivity index (χ1v) is 11.8. The minimum atomic E-state index is -3.87. The predicted molar refractivity (Wildman–Crippen MR) is 116 cm³/mol. The number of carbonyl (C=O) groups excluding carboxylic acids is 1. The van der Waals surface area contributed by atoms with E-state index in [0.29, 0.717) is 28.8 Å². The molecule has 0 spiro atoms. The van der Waals surface area contributed by atoms with Gasteiger partial charge >= 0.3 is 0 Å². The second-order valence-electron chi connectivity index (χ2n) is 7.98. The molecule has 32 heavy (non-hydrogen) atoms. The van der Waals surface area contributed by atoms with Crippen molar-refractivity contribution in [2.75, 3.05) is 12.9 Å². The van der Waals surface area contributed by atoms with Crippen LogP contribution in [0.3, 0.4) is 0 Å². The molecule has 1 aliphatic rings. The van der Waals surface area contributed by atoms with Gasteiger partial charge in [0.25, 0.3) is 5.91 Å². The minimum Gasteiger partial charge on any atom is -0.396 e. The van der Waals surface area contributed by atoms with E-state index in [2.05, 4.69) is 5.16 Å². The summed E-state index contributed by atoms with van der Waals surface area (Å²) in [6.45, 7) is 1.25. The number of hydrogen-bond donors (Lipinski definition) is 3. The average molecular weight is 465 g/mol. The van der Waals surface area contributed by atoms with Crippen LogP contribution >= 0.6 is 0 Å². The SMILES string of the molecule is CC(CC1CC(c2ccc(-c3ccc(CCO)cc3)c(F)c2)=NO1)(C(=O)NO)S(C)(=O)=O. The van der Waals surface area contributed by atoms with Crippen molar-refractivity contribution in [1.29, 1.82) is 0 Å². The van der Waals surface area contributed by atoms with Gasteiger partial charge in [-0.25, -0.2) is 18.3 Å². The number of hydroxylamine groups is 1. The van der Waals surface area contributed by atoms with E-state index in [1.54, 1.807) is 24.3 Å². The molecule has 2 aromatic rings. The maximum Gasteiger partial charge on any atom is 0.264 e. The van der Waals surface area contributed by atoms with Crippen LogP contribution in [0.1, 0.15) is 30.9 Å². The van der Waals surface area contributed by atoms with Crippen LogP contribution in [0.4, 0.5) is 4.39 Å². The van der Waals surface area contributed by atoms with E-state index < -0.39 is 32.4 Å². The minimum absolute atomic E-state index is 0.0432. The molecule has 0 aromatic heterocycles. The van der Waals surface area contributed by atoms with E-state index in [-0.39, 0.29) is 19.4 Å². The molecule has 2 aromatic carbocycles. The number of hydrogen-bond acceptors (Lipinski definition) is 7. The highest BCUT2D eigenvalue weighted by molar-refractivity contribution is 7.92. The zero-order valence-corrected chi connectivity index (χ0v) is 18.5. The molecule has 1 amide bonds. The molecule has 2 atom stereocenters. The average Bonchev–Trinajstić information content (AvgIpc) is 3.21. The number of amides is 1. The van der Waals surface area contributed by atoms with Crippen LogP contribution < -0.4 is 5.48 Å². The zero-order valence-electron chi connectivity index (χ0n) is 17.7. The molecular formula is C22H25FN2O6S. The van der Waals surface area contributed by atoms with Crippen LogP contribution in [0.25, 0.3) is 11.1 Å². The Hall–Kier alpha value is -2.82. The van der Waals surface area contributed by atoms with E-state index in [4.69, 9.17) is 15.2 Å². The number of halogens is 1. The molecule has 0 fully saturated rings. The van der Waals surface area contributed by atoms with Crippen molar-refractivity contribution in [1.82, 2.24) is 5.48 Å². The Labute approximate surface area is 185 Å². The number of rotatable bonds is 8. The largest absolute Gasteiger partial charge is 0.396 e. The lowest BCUT2D eigenvalue weighted by molar-refractivity contribution is -0.132. The van der Waals surface area contributed by atoms with Crippen LogP contribution in [0, 0.1) is 5.82 Å². The van der Waals surface area contributed by atoms with Crippen molar-refractivity contribution in [3.63, 3.8) is 0 Å². The second-order valence-corrected chi connectivity index (χ2v) is 10.4. The molecule has 10 heteroatoms. The Kier molecular flexibility index (Phi) is 6.97. The Morgan fingerprint density at radius 1 is 1.25 bits per heavy atom. The van der Waals surface area contributed by atoms with Crippen molar-refractivity contribution in [2.45, 2.75) is 37.0 Å². The summed E-state index contributed by atoms with van der Waals surface area (Å²) in [7, 11) is -3.87. The van der Waals surface area contributed by atoms with Gasteiger partial charge in [0, 0.05) is 36.8 Å². The molecule has 3 N–H and O–H groups in total. The number of benzene rings is 2. The van der Waals surface area contributed by atoms with Gasteiger partial charge in [0.1, 0.15) is 11.9 Å². The third-order valence-electron chi connectivity index (χ3n) is 5.72. The van der Waals surface area contributed by atoms with E-state index in [0.717, 1.165) is 11.8 Å². The summed E-state index contributed by atoms with van der Waals surface area (Å²) in [4.78, 5) is 17.3. The Bertz CT molecular complexity index is 1130. The fourth-order valence-corrected chi connectivity index (χ4v) is 4.45. The van der Waals surface area contributed by atoms with Crippen molar-refractivity contribution in [2.24, 2.45) is 5.16 Å². The molecule has 2 unspecified atom stereocenters. The fourth-order valence-electron chi connectivity index (χ4n) is 3.58. The van der Waals surface area contributed by atoms with Gasteiger partial charge < -0.3 is 9.94 Å². The summed E-state index contributed by atoms with van der Waals surface area (Å²) in [5, 5.41) is 21.9. The van der Waals surface area contributed by atoms with Crippen molar-refractivity contribution < 1.29 is 32.8 Å². The van der Waals surface area contributed by atoms with Gasteiger partial charge in [-0.05, 0) is 30.5 Å². The first-order valence-electron chi connectivity index (χ1n) is 9.96. The zero-order chi connectivity index (χ0) is 23.5. The molecule has 8 nitrogen and oxygen atoms in total. The molecule has 1 aliphatic heterocycles. The third-order valence-corrected chi connectivity index (χ3v) is 7.71. The molecule has 172 valence electrons. The summed E-state index contributed by atoms with van der Waals surface area (Å²) in [5.41, 5.74) is 4.36. The first-order chi connectivity index (χ1) is 15.1. The first kappa shape index (κ1) is 23.8. The number of carbonyl (C=O) groups is 1. The highest BCUT2D eigenvalue weighted by Crippen LogP contribution is 2.31. The van der Waals surface area contributed by atoms with E-state index in [1.807, 2.05) is 12.1 Å². The topological polar surface area (TPSA) is 125 Å². The quantitative estimate of drug-likeness (QED) is 0.406. The van der Waals surface area contributed by atoms with Crippen LogP contribution in [0.2, 0.25) is 0 Å². The van der Waals surface area contributed by atoms with Gasteiger partial charge in [-0.3, -0.25) is 10.0 Å². The maximum atomic E-state index is 14.8. The van der Waals surface area contributed by atoms with Gasteiger partial charge in [0.15, 0.2) is 14.6 Å². The maximum absolute atomic E-state index is 14.8. The lowest BCUT2D eigenvalue weighted by Crippen LogP contribution is -2.51. The van der Waals surface area contributed by atoms with Gasteiger partial charge in [-0.2, -0.15) is 0 Å². The fraction of sp³-hybridized carbons (Fsp3) is 0.364. The monoisotopic (exact) mass is 464 g/mol. The standard InChI is InChI=1S/C22H25FN2O6S/c1-22(21(27)24-28,32(2,29)30)13-17-12-20(25-31-17)16-7-8-18(19(23)11-16)15-5-3-14(4-6-15)9-10-26/h3-8,11,17,26,28H,9-10,12-13H2,1-2H3,(H,24,27). The van der Waals surface area contributed by atoms with E-state index in [1.165, 1.54) is 18.5 Å². The molecule has 0 bridgehead atoms. The molecule has 0 aliphatic carbocycles. The van der Waals surface area contributed by atoms with E-state index in [9.17, 15) is 17.6 Å². The molecule has 0 saturated carbocycles. The smallest absolute Gasteiger partial charge is 0.264 e. The molecule has 1 heterocycles. The van der Waals surface area contributed by atoms with Gasteiger partial charge in [0.2, 0.25) is 0 Å². The Morgan fingerprint density at radius 2 is 1.91 bits per heavy atom. The number of aliphatic hydroxyl groups is 1. The van der Waals surface area contributed by atoms with Gasteiger partial charge in [-0.15, -0.1) is 0 Å². The number of oxime groups is 1. The number of nitrogens with one attached hydrogen (secondary N) is 1. The van der Waals surface area contributed by atoms with Crippen molar-refractivity contribution in [3.05, 3.63) is 59.4 Å². The van der Waals surface area contributed by atoms with Crippen LogP contribution in [-0.4, -0.2) is 54.1 Å². The summed E-state index contributed by atoms with van der Waals surface area (Å²) in [5.74, 6) is -1.51. The molecule has 0 radical (unpaired) electrons. The lowest BCUT2D eigenvalue weighted by atomic mass is 9.95. The number of sulfone groups is 1. The number of aliphatic hydroxyl groups excluding tert-OH is 1. The highest BCUT2D eigenvalue weighted by atomic mass is 32.2. The Balaban J connectivity index is 1.75. The molecule has 3 rings (SSSR count). The summed E-state index contributed by atoms with van der Waals surface area (Å²) >= 11 is 0. The van der Waals surface area contributed by atoms with Gasteiger partial charge in [-0.1, -0.05) is 41.6 Å². The normalized spacial score (nSPS) is 17.9. The summed E-state index contributed by atoms with van der Waals surface area (Å²) < 4.78 is 37.2. The molecular weight excluding hydrogens is 439 g/mol. The summed E-state index contributed by atoms with van der Waals surface area (Å²) in [6.07, 6.45) is 0.651. The highest BCUT2D eigenvalue weighted by Gasteiger charge is 2.47. The van der Waals surface area contributed by atoms with Crippen LogP contribution in [0.5, 0.6) is 0 Å². The number of nitrogens with zero attached hydrogens (tertiary/aromatic N) is 1. The van der Waals surface area contributed by atoms with Crippen molar-refractivity contribution >= 4 is 21.5 Å². The van der Waals surface area contributed by atoms with E-state index >= 15 is 0 Å². The third kappa shape index (κ3) is 4.82. The van der Waals surface area contributed by atoms with Crippen LogP contribution in [-0.2, 0) is 25.9 Å². The molecule has 0 saturated heterocycles. The Morgan fingerprint density at radius 3 is 2.47 bits per heavy atom. The second kappa shape index (κ2) is 9.35. The lowest BCUT2D eigenvalue weighted by Gasteiger charge is -2.26. The van der Waals surface area contributed by atoms with Gasteiger partial charge in [0.05, 0.1) is 5.71 Å². The predicted octanol–water partition coefficient (Wildman–Crippen LogP) is 2.22. The summed E-state index contributed by atoms with van der Waals surface area (Å²) in [6, 6.07) is 11.9. The van der Waals surface area contributed by atoms with Crippen molar-refractivity contribution in [3.8, 4) is 11.1 Å². The van der Waals surface area contributed by atoms with Crippen LogP contribution in [0.15, 0.2) is 47.6 Å².